The molecule has 27 heavy (non-hydrogen) atoms. The summed E-state index contributed by atoms with van der Waals surface area (Å²) < 4.78 is 28.9. The third-order valence-electron chi connectivity index (χ3n) is 4.86. The van der Waals surface area contributed by atoms with Gasteiger partial charge in [0.15, 0.2) is 16.4 Å². The van der Waals surface area contributed by atoms with Gasteiger partial charge in [-0.1, -0.05) is 44.2 Å². The molecule has 1 aliphatic rings. The van der Waals surface area contributed by atoms with E-state index in [1.165, 1.54) is 0 Å². The second kappa shape index (κ2) is 8.42. The molecule has 6 nitrogen and oxygen atoms in total. The van der Waals surface area contributed by atoms with Crippen molar-refractivity contribution in [2.45, 2.75) is 45.6 Å². The quantitative estimate of drug-likeness (QED) is 0.661. The van der Waals surface area contributed by atoms with Crippen molar-refractivity contribution in [2.24, 2.45) is 5.92 Å². The Morgan fingerprint density at radius 3 is 2.37 bits per heavy atom. The summed E-state index contributed by atoms with van der Waals surface area (Å²) in [5, 5.41) is 0. The third kappa shape index (κ3) is 5.54. The van der Waals surface area contributed by atoms with E-state index in [4.69, 9.17) is 4.74 Å². The summed E-state index contributed by atoms with van der Waals surface area (Å²) in [6.45, 7) is 7.51. The fourth-order valence-electron chi connectivity index (χ4n) is 3.23. The van der Waals surface area contributed by atoms with Gasteiger partial charge < -0.3 is 9.64 Å². The van der Waals surface area contributed by atoms with E-state index in [1.54, 1.807) is 18.7 Å². The molecule has 0 bridgehead atoms. The maximum Gasteiger partial charge on any atom is 0.316 e. The Morgan fingerprint density at radius 2 is 1.85 bits per heavy atom. The molecule has 0 spiro atoms. The van der Waals surface area contributed by atoms with E-state index < -0.39 is 21.2 Å². The first-order chi connectivity index (χ1) is 12.5. The van der Waals surface area contributed by atoms with Gasteiger partial charge in [0.05, 0.1) is 16.9 Å². The molecule has 0 radical (unpaired) electrons. The predicted octanol–water partition coefficient (Wildman–Crippen LogP) is 2.18. The zero-order valence-corrected chi connectivity index (χ0v) is 17.3. The Hall–Kier alpha value is -1.89. The topological polar surface area (TPSA) is 80.8 Å². The highest BCUT2D eigenvalue weighted by Gasteiger charge is 2.36. The highest BCUT2D eigenvalue weighted by Crippen LogP contribution is 2.25. The van der Waals surface area contributed by atoms with Gasteiger partial charge >= 0.3 is 5.97 Å². The van der Waals surface area contributed by atoms with Crippen LogP contribution in [0.5, 0.6) is 0 Å². The number of hydrogen-bond acceptors (Lipinski definition) is 5. The van der Waals surface area contributed by atoms with Crippen LogP contribution in [0.2, 0.25) is 0 Å². The molecule has 1 saturated heterocycles. The van der Waals surface area contributed by atoms with Crippen LogP contribution in [-0.4, -0.2) is 55.9 Å². The Kier molecular flexibility index (Phi) is 6.68. The van der Waals surface area contributed by atoms with Crippen LogP contribution in [0.1, 0.15) is 39.7 Å². The number of amides is 1. The predicted molar refractivity (Wildman–Crippen MR) is 104 cm³/mol. The third-order valence-corrected chi connectivity index (χ3v) is 6.61. The Morgan fingerprint density at radius 1 is 1.22 bits per heavy atom. The molecule has 1 aromatic carbocycles. The average Bonchev–Trinajstić information content (AvgIpc) is 2.97. The summed E-state index contributed by atoms with van der Waals surface area (Å²) in [5.41, 5.74) is -0.0652. The Labute approximate surface area is 161 Å². The highest BCUT2D eigenvalue weighted by atomic mass is 32.2. The number of ether oxygens (including phenoxy) is 1. The van der Waals surface area contributed by atoms with Gasteiger partial charge in [0.2, 0.25) is 0 Å². The van der Waals surface area contributed by atoms with Crippen molar-refractivity contribution >= 4 is 21.7 Å². The monoisotopic (exact) mass is 395 g/mol. The molecule has 0 aromatic heterocycles. The molecule has 150 valence electrons. The molecule has 1 atom stereocenters. The van der Waals surface area contributed by atoms with Crippen molar-refractivity contribution in [3.05, 3.63) is 35.9 Å². The zero-order valence-electron chi connectivity index (χ0n) is 16.5. The van der Waals surface area contributed by atoms with Crippen LogP contribution >= 0.6 is 0 Å². The van der Waals surface area contributed by atoms with Crippen molar-refractivity contribution < 1.29 is 22.7 Å². The lowest BCUT2D eigenvalue weighted by Gasteiger charge is -2.30. The van der Waals surface area contributed by atoms with Gasteiger partial charge in [-0.25, -0.2) is 8.42 Å². The Balaban J connectivity index is 2.03. The standard InChI is InChI=1S/C20H29NO5S/c1-15(2)12-21(17-10-11-27(24,25)14-17)18(22)13-26-19(23)20(3,4)16-8-6-5-7-9-16/h5-9,15,17H,10-14H2,1-4H3. The van der Waals surface area contributed by atoms with E-state index in [9.17, 15) is 18.0 Å². The van der Waals surface area contributed by atoms with Gasteiger partial charge in [-0.15, -0.1) is 0 Å². The molecule has 7 heteroatoms. The Bertz CT molecular complexity index is 771. The number of esters is 1. The van der Waals surface area contributed by atoms with Gasteiger partial charge in [0.1, 0.15) is 0 Å². The zero-order chi connectivity index (χ0) is 20.2. The molecule has 1 aliphatic heterocycles. The van der Waals surface area contributed by atoms with E-state index >= 15 is 0 Å². The summed E-state index contributed by atoms with van der Waals surface area (Å²) in [4.78, 5) is 26.8. The van der Waals surface area contributed by atoms with Crippen molar-refractivity contribution in [3.8, 4) is 0 Å². The molecule has 1 heterocycles. The first-order valence-corrected chi connectivity index (χ1v) is 11.1. The minimum atomic E-state index is -3.10. The van der Waals surface area contributed by atoms with Crippen LogP contribution in [-0.2, 0) is 29.6 Å². The van der Waals surface area contributed by atoms with Crippen LogP contribution in [0.4, 0.5) is 0 Å². The number of carbonyl (C=O) groups excluding carboxylic acids is 2. The average molecular weight is 396 g/mol. The smallest absolute Gasteiger partial charge is 0.316 e. The number of sulfone groups is 1. The van der Waals surface area contributed by atoms with Gasteiger partial charge in [0.25, 0.3) is 5.91 Å². The highest BCUT2D eigenvalue weighted by molar-refractivity contribution is 7.91. The molecular formula is C20H29NO5S. The van der Waals surface area contributed by atoms with Gasteiger partial charge in [-0.3, -0.25) is 9.59 Å². The summed E-state index contributed by atoms with van der Waals surface area (Å²) in [6.07, 6.45) is 0.435. The second-order valence-corrected chi connectivity index (χ2v) is 10.3. The van der Waals surface area contributed by atoms with Crippen molar-refractivity contribution in [3.63, 3.8) is 0 Å². The fraction of sp³-hybridized carbons (Fsp3) is 0.600. The lowest BCUT2D eigenvalue weighted by Crippen LogP contribution is -2.46. The molecule has 0 N–H and O–H groups in total. The minimum Gasteiger partial charge on any atom is -0.455 e. The van der Waals surface area contributed by atoms with Crippen molar-refractivity contribution in [2.75, 3.05) is 24.7 Å². The lowest BCUT2D eigenvalue weighted by molar-refractivity contribution is -0.157. The van der Waals surface area contributed by atoms with Crippen LogP contribution < -0.4 is 0 Å². The summed E-state index contributed by atoms with van der Waals surface area (Å²) in [7, 11) is -3.10. The van der Waals surface area contributed by atoms with Crippen molar-refractivity contribution in [1.29, 1.82) is 0 Å². The molecule has 1 unspecified atom stereocenters. The normalized spacial score (nSPS) is 19.1. The number of nitrogens with zero attached hydrogens (tertiary/aromatic N) is 1. The van der Waals surface area contributed by atoms with Gasteiger partial charge in [-0.2, -0.15) is 0 Å². The van der Waals surface area contributed by atoms with Crippen LogP contribution in [0.15, 0.2) is 30.3 Å². The molecule has 1 fully saturated rings. The number of carbonyl (C=O) groups is 2. The van der Waals surface area contributed by atoms with Crippen molar-refractivity contribution in [1.82, 2.24) is 4.90 Å². The minimum absolute atomic E-state index is 0.0189. The second-order valence-electron chi connectivity index (χ2n) is 8.06. The number of hydrogen-bond donors (Lipinski definition) is 0. The molecule has 1 amide bonds. The lowest BCUT2D eigenvalue weighted by atomic mass is 9.85. The molecular weight excluding hydrogens is 366 g/mol. The number of benzene rings is 1. The first kappa shape index (κ1) is 21.4. The van der Waals surface area contributed by atoms with E-state index in [-0.39, 0.29) is 36.0 Å². The maximum absolute atomic E-state index is 12.7. The van der Waals surface area contributed by atoms with Crippen LogP contribution in [0.25, 0.3) is 0 Å². The molecule has 0 saturated carbocycles. The summed E-state index contributed by atoms with van der Waals surface area (Å²) >= 11 is 0. The van der Waals surface area contributed by atoms with Gasteiger partial charge in [0, 0.05) is 12.6 Å². The van der Waals surface area contributed by atoms with E-state index in [0.29, 0.717) is 13.0 Å². The molecule has 1 aromatic rings. The maximum atomic E-state index is 12.7. The van der Waals surface area contributed by atoms with E-state index in [2.05, 4.69) is 0 Å². The molecule has 2 rings (SSSR count). The number of rotatable bonds is 7. The largest absolute Gasteiger partial charge is 0.455 e. The summed E-state index contributed by atoms with van der Waals surface area (Å²) in [5.74, 6) is -0.558. The van der Waals surface area contributed by atoms with Crippen LogP contribution in [0.3, 0.4) is 0 Å². The van der Waals surface area contributed by atoms with E-state index in [0.717, 1.165) is 5.56 Å². The first-order valence-electron chi connectivity index (χ1n) is 9.25. The molecule has 0 aliphatic carbocycles. The van der Waals surface area contributed by atoms with Gasteiger partial charge in [-0.05, 0) is 31.7 Å². The van der Waals surface area contributed by atoms with Crippen LogP contribution in [0, 0.1) is 5.92 Å². The fourth-order valence-corrected chi connectivity index (χ4v) is 4.96. The van der Waals surface area contributed by atoms with E-state index in [1.807, 2.05) is 44.2 Å². The SMILES string of the molecule is CC(C)CN(C(=O)COC(=O)C(C)(C)c1ccccc1)C1CCS(=O)(=O)C1. The summed E-state index contributed by atoms with van der Waals surface area (Å²) in [6, 6.07) is 8.91.